The van der Waals surface area contributed by atoms with Crippen LogP contribution in [-0.4, -0.2) is 23.0 Å². The Kier molecular flexibility index (Phi) is 12.1. The van der Waals surface area contributed by atoms with Gasteiger partial charge in [-0.05, 0) is 67.2 Å². The number of hydrogen-bond acceptors (Lipinski definition) is 3. The van der Waals surface area contributed by atoms with Gasteiger partial charge in [-0.15, -0.1) is 100 Å². The van der Waals surface area contributed by atoms with E-state index in [1.165, 1.54) is 48.8 Å². The maximum atomic E-state index is 4.92. The summed E-state index contributed by atoms with van der Waals surface area (Å²) in [5.41, 5.74) is 9.47. The van der Waals surface area contributed by atoms with Crippen LogP contribution in [0.15, 0.2) is 128 Å². The van der Waals surface area contributed by atoms with E-state index < -0.39 is 8.07 Å². The van der Waals surface area contributed by atoms with Gasteiger partial charge >= 0.3 is 20.1 Å². The summed E-state index contributed by atoms with van der Waals surface area (Å²) >= 11 is 0. The first-order valence-electron chi connectivity index (χ1n) is 20.0. The van der Waals surface area contributed by atoms with Gasteiger partial charge in [-0.3, -0.25) is 0 Å². The molecule has 0 radical (unpaired) electrons. The van der Waals surface area contributed by atoms with Gasteiger partial charge in [-0.25, -0.2) is 0 Å². The molecule has 5 heteroatoms. The van der Waals surface area contributed by atoms with E-state index in [-0.39, 0.29) is 36.4 Å². The normalized spacial score (nSPS) is 13.1. The van der Waals surface area contributed by atoms with Crippen molar-refractivity contribution >= 4 is 50.9 Å². The fourth-order valence-electron chi connectivity index (χ4n) is 7.66. The van der Waals surface area contributed by atoms with Crippen LogP contribution in [0, 0.1) is 18.2 Å². The van der Waals surface area contributed by atoms with Crippen molar-refractivity contribution in [2.75, 3.05) is 0 Å². The Bertz CT molecular complexity index is 2610. The molecule has 5 aromatic carbocycles. The maximum absolute atomic E-state index is 4.92. The zero-order valence-electron chi connectivity index (χ0n) is 35.8. The molecule has 0 saturated heterocycles. The summed E-state index contributed by atoms with van der Waals surface area (Å²) in [4.78, 5) is 13.7. The van der Waals surface area contributed by atoms with Gasteiger partial charge in [0.05, 0.1) is 8.07 Å². The molecule has 0 amide bonds. The van der Waals surface area contributed by atoms with E-state index in [4.69, 9.17) is 4.98 Å². The molecule has 3 nitrogen and oxygen atoms in total. The Morgan fingerprint density at radius 3 is 1.81 bits per heavy atom. The van der Waals surface area contributed by atoms with Crippen LogP contribution in [0.3, 0.4) is 0 Å². The summed E-state index contributed by atoms with van der Waals surface area (Å²) in [5, 5.41) is 9.80. The van der Waals surface area contributed by atoms with E-state index in [1.807, 2.05) is 54.7 Å². The van der Waals surface area contributed by atoms with Gasteiger partial charge in [0.2, 0.25) is 0 Å². The molecule has 1 aliphatic heterocycles. The van der Waals surface area contributed by atoms with Gasteiger partial charge in [0.25, 0.3) is 0 Å². The fourth-order valence-corrected chi connectivity index (χ4v) is 10.7. The van der Waals surface area contributed by atoms with Crippen LogP contribution in [0.4, 0.5) is 0 Å². The molecule has 0 N–H and O–H groups in total. The van der Waals surface area contributed by atoms with Crippen molar-refractivity contribution in [2.24, 2.45) is 0 Å². The van der Waals surface area contributed by atoms with E-state index >= 15 is 0 Å². The second kappa shape index (κ2) is 16.4. The van der Waals surface area contributed by atoms with Crippen LogP contribution < -0.4 is 10.4 Å². The summed E-state index contributed by atoms with van der Waals surface area (Å²) in [5.74, 6) is 0. The number of nitrogens with zero attached hydrogens (tertiary/aromatic N) is 3. The van der Waals surface area contributed by atoms with Crippen molar-refractivity contribution in [3.05, 3.63) is 163 Å². The summed E-state index contributed by atoms with van der Waals surface area (Å²) in [6.07, 6.45) is 5.74. The molecule has 0 aliphatic carbocycles. The molecule has 0 atom stereocenters. The van der Waals surface area contributed by atoms with Crippen LogP contribution in [0.5, 0.6) is 0 Å². The van der Waals surface area contributed by atoms with E-state index in [0.717, 1.165) is 28.0 Å². The Hall–Kier alpha value is -4.80. The predicted molar refractivity (Wildman–Crippen MR) is 245 cm³/mol. The van der Waals surface area contributed by atoms with Gasteiger partial charge < -0.3 is 15.0 Å². The molecule has 0 saturated carbocycles. The number of rotatable bonds is 2. The number of aromatic nitrogens is 3. The second-order valence-electron chi connectivity index (χ2n) is 18.8. The number of benzene rings is 5. The van der Waals surface area contributed by atoms with Crippen molar-refractivity contribution in [3.63, 3.8) is 0 Å². The van der Waals surface area contributed by atoms with Crippen LogP contribution >= 0.6 is 0 Å². The topological polar surface area (TPSA) is 38.7 Å². The third-order valence-corrected chi connectivity index (χ3v) is 14.7. The average molecular weight is 953 g/mol. The molecular formula is C53H54IrN3Si. The number of fused-ring (bicyclic) bond motifs is 3. The third-order valence-electron chi connectivity index (χ3n) is 11.2. The molecule has 3 aromatic heterocycles. The van der Waals surface area contributed by atoms with Crippen molar-refractivity contribution in [1.82, 2.24) is 15.0 Å². The molecule has 0 fully saturated rings. The minimum absolute atomic E-state index is 0. The number of hydrogen-bond donors (Lipinski definition) is 0. The monoisotopic (exact) mass is 953 g/mol. The van der Waals surface area contributed by atoms with Crippen LogP contribution in [-0.2, 0) is 36.4 Å². The van der Waals surface area contributed by atoms with Crippen LogP contribution in [0.1, 0.15) is 79.0 Å². The van der Waals surface area contributed by atoms with Gasteiger partial charge in [-0.1, -0.05) is 134 Å². The second-order valence-corrected chi connectivity index (χ2v) is 23.1. The zero-order valence-corrected chi connectivity index (χ0v) is 39.2. The molecule has 0 spiro atoms. The molecule has 9 rings (SSSR count). The van der Waals surface area contributed by atoms with Gasteiger partial charge in [0, 0.05) is 18.6 Å². The molecule has 4 heterocycles. The molecule has 0 bridgehead atoms. The molecule has 58 heavy (non-hydrogen) atoms. The Morgan fingerprint density at radius 2 is 1.14 bits per heavy atom. The first-order valence-corrected chi connectivity index (χ1v) is 23.0. The standard InChI is InChI=1S/C23H22NSi.C19H24N.C11H8N.Ir/c1-23(2,3)14-12-17-15-8-6-10-18-20(15)21-16(22(17)24-13-14)9-7-11-19(21)25(18,4)5;1-18(2,3)15-9-7-8-14(12-15)17-13-16(10-11-20-17)19(4,5)6;1-2-6-10(7-3-1)11-8-4-5-9-12-11;/h6-8,10-13H,1-5H3;7,9-13H,1-6H3;1-6,8-9H;/q3*-1;+3. The van der Waals surface area contributed by atoms with E-state index in [9.17, 15) is 0 Å². The van der Waals surface area contributed by atoms with Gasteiger partial charge in [0.1, 0.15) is 0 Å². The predicted octanol–water partition coefficient (Wildman–Crippen LogP) is 12.5. The fraction of sp³-hybridized carbons (Fsp3) is 0.264. The SMILES string of the molecule is CC(C)(C)c1cc[c-]c(-c2cc(C(C)(C)C)ccn2)c1.CC(C)(C)c1cnc2c3[c-]ccc4c3c3c(cccc3c2c1)[Si]4(C)C.[Ir+3].[c-]1ccccc1-c1ccccn1. The minimum atomic E-state index is -1.64. The Balaban J connectivity index is 0.000000154. The molecule has 1 aliphatic rings. The van der Waals surface area contributed by atoms with Crippen molar-refractivity contribution in [1.29, 1.82) is 0 Å². The van der Waals surface area contributed by atoms with Gasteiger partial charge in [-0.2, -0.15) is 0 Å². The third kappa shape index (κ3) is 8.64. The smallest absolute Gasteiger partial charge is 0.305 e. The first kappa shape index (κ1) is 42.8. The largest absolute Gasteiger partial charge is 3.00 e. The zero-order chi connectivity index (χ0) is 40.8. The summed E-state index contributed by atoms with van der Waals surface area (Å²) < 4.78 is 0. The van der Waals surface area contributed by atoms with Crippen molar-refractivity contribution in [3.8, 4) is 22.5 Å². The minimum Gasteiger partial charge on any atom is -0.305 e. The molecule has 0 unspecified atom stereocenters. The van der Waals surface area contributed by atoms with Crippen molar-refractivity contribution in [2.45, 2.75) is 91.7 Å². The Labute approximate surface area is 360 Å². The van der Waals surface area contributed by atoms with Gasteiger partial charge in [0.15, 0.2) is 0 Å². The first-order chi connectivity index (χ1) is 26.9. The summed E-state index contributed by atoms with van der Waals surface area (Å²) in [7, 11) is -1.64. The quantitative estimate of drug-likeness (QED) is 0.0984. The summed E-state index contributed by atoms with van der Waals surface area (Å²) in [6.45, 7) is 25.0. The summed E-state index contributed by atoms with van der Waals surface area (Å²) in [6, 6.07) is 47.9. The Morgan fingerprint density at radius 1 is 0.483 bits per heavy atom. The molecule has 294 valence electrons. The van der Waals surface area contributed by atoms with Crippen LogP contribution in [0.2, 0.25) is 13.1 Å². The van der Waals surface area contributed by atoms with E-state index in [0.29, 0.717) is 0 Å². The maximum Gasteiger partial charge on any atom is 3.00 e. The van der Waals surface area contributed by atoms with Crippen LogP contribution in [0.25, 0.3) is 55.0 Å². The molecule has 8 aromatic rings. The number of pyridine rings is 3. The average Bonchev–Trinajstić information content (AvgIpc) is 3.44. The van der Waals surface area contributed by atoms with Crippen molar-refractivity contribution < 1.29 is 20.1 Å². The van der Waals surface area contributed by atoms with E-state index in [1.54, 1.807) is 11.4 Å². The van der Waals surface area contributed by atoms with E-state index in [2.05, 4.69) is 170 Å². The molecular weight excluding hydrogens is 899 g/mol.